The van der Waals surface area contributed by atoms with Gasteiger partial charge in [-0.1, -0.05) is 103 Å². The Morgan fingerprint density at radius 3 is 1.50 bits per heavy atom. The average molecular weight is 411 g/mol. The lowest BCUT2D eigenvalue weighted by atomic mass is 10.0. The molecule has 2 aromatic carbocycles. The number of benzene rings is 2. The molecule has 0 fully saturated rings. The molecule has 0 heteroatoms. The fourth-order valence-electron chi connectivity index (χ4n) is 2.52. The van der Waals surface area contributed by atoms with Crippen LogP contribution in [0.4, 0.5) is 0 Å². The Labute approximate surface area is 193 Å². The van der Waals surface area contributed by atoms with Crippen molar-refractivity contribution < 1.29 is 0 Å². The molecule has 0 heterocycles. The third-order valence-corrected chi connectivity index (χ3v) is 4.14. The number of allylic oxidation sites excluding steroid dienone is 10. The number of rotatable bonds is 4. The maximum atomic E-state index is 3.84. The summed E-state index contributed by atoms with van der Waals surface area (Å²) in [6.07, 6.45) is 15.2. The highest BCUT2D eigenvalue weighted by molar-refractivity contribution is 5.56. The van der Waals surface area contributed by atoms with Crippen molar-refractivity contribution >= 4 is 0 Å². The summed E-state index contributed by atoms with van der Waals surface area (Å²) in [6.45, 7) is 11.6. The fraction of sp³-hybridized carbons (Fsp3) is 0.0625. The monoisotopic (exact) mass is 410 g/mol. The predicted octanol–water partition coefficient (Wildman–Crippen LogP) is 7.17. The Morgan fingerprint density at radius 2 is 1.06 bits per heavy atom. The molecule has 0 saturated heterocycles. The van der Waals surface area contributed by atoms with Crippen molar-refractivity contribution in [2.45, 2.75) is 13.8 Å². The zero-order valence-electron chi connectivity index (χ0n) is 18.7. The largest absolute Gasteiger partial charge is 0.0978 e. The number of hydrogen-bond acceptors (Lipinski definition) is 0. The SMILES string of the molecule is C=C/C(C#Cc1cc(C#C/C(C=C)=C/C=C\C)cc(C#Cc2ccccc2)c1)=C\C=C/C. The molecule has 0 nitrogen and oxygen atoms in total. The third kappa shape index (κ3) is 8.51. The molecule has 2 rings (SSSR count). The minimum atomic E-state index is 0.847. The van der Waals surface area contributed by atoms with Crippen LogP contribution >= 0.6 is 0 Å². The normalized spacial score (nSPS) is 11.1. The van der Waals surface area contributed by atoms with E-state index in [-0.39, 0.29) is 0 Å². The summed E-state index contributed by atoms with van der Waals surface area (Å²) < 4.78 is 0. The standard InChI is InChI=1S/C32H26/c1-5-9-14-27(7-3)18-21-30-24-31(22-19-28(8-4)15-10-6-2)26-32(25-30)23-20-29-16-12-11-13-17-29/h5-17,24-26H,3-4H2,1-2H3/b9-5-,10-6-,27-14+,28-15+. The maximum Gasteiger partial charge on any atom is 0.0273 e. The maximum absolute atomic E-state index is 3.84. The van der Waals surface area contributed by atoms with E-state index in [4.69, 9.17) is 0 Å². The van der Waals surface area contributed by atoms with E-state index in [1.165, 1.54) is 0 Å². The fourth-order valence-corrected chi connectivity index (χ4v) is 2.52. The zero-order chi connectivity index (χ0) is 23.0. The number of hydrogen-bond donors (Lipinski definition) is 0. The molecule has 0 aliphatic rings. The highest BCUT2D eigenvalue weighted by Gasteiger charge is 1.97. The summed E-state index contributed by atoms with van der Waals surface area (Å²) in [5.74, 6) is 19.2. The lowest BCUT2D eigenvalue weighted by Gasteiger charge is -1.98. The van der Waals surface area contributed by atoms with Gasteiger partial charge in [-0.2, -0.15) is 0 Å². The Bertz CT molecular complexity index is 1190. The smallest absolute Gasteiger partial charge is 0.0273 e. The average Bonchev–Trinajstić information content (AvgIpc) is 2.83. The van der Waals surface area contributed by atoms with E-state index >= 15 is 0 Å². The van der Waals surface area contributed by atoms with Crippen LogP contribution in [-0.4, -0.2) is 0 Å². The van der Waals surface area contributed by atoms with Crippen molar-refractivity contribution in [3.8, 4) is 35.5 Å². The van der Waals surface area contributed by atoms with E-state index in [0.29, 0.717) is 0 Å². The van der Waals surface area contributed by atoms with E-state index in [2.05, 4.69) is 48.7 Å². The molecule has 0 radical (unpaired) electrons. The van der Waals surface area contributed by atoms with Crippen LogP contribution in [0.2, 0.25) is 0 Å². The van der Waals surface area contributed by atoms with Gasteiger partial charge in [0.1, 0.15) is 0 Å². The van der Waals surface area contributed by atoms with Gasteiger partial charge in [0.15, 0.2) is 0 Å². The Balaban J connectivity index is 2.52. The Morgan fingerprint density at radius 1 is 0.625 bits per heavy atom. The molecule has 0 atom stereocenters. The molecule has 0 spiro atoms. The molecule has 0 N–H and O–H groups in total. The van der Waals surface area contributed by atoms with Gasteiger partial charge >= 0.3 is 0 Å². The summed E-state index contributed by atoms with van der Waals surface area (Å²) in [7, 11) is 0. The van der Waals surface area contributed by atoms with Gasteiger partial charge in [0.2, 0.25) is 0 Å². The lowest BCUT2D eigenvalue weighted by Crippen LogP contribution is -1.85. The van der Waals surface area contributed by atoms with Gasteiger partial charge in [0.25, 0.3) is 0 Å². The molecule has 0 amide bonds. The molecule has 0 aliphatic carbocycles. The van der Waals surface area contributed by atoms with Crippen molar-refractivity contribution in [1.29, 1.82) is 0 Å². The van der Waals surface area contributed by atoms with E-state index in [9.17, 15) is 0 Å². The first-order valence-electron chi connectivity index (χ1n) is 10.4. The molecule has 32 heavy (non-hydrogen) atoms. The topological polar surface area (TPSA) is 0 Å². The second-order valence-electron chi connectivity index (χ2n) is 6.62. The van der Waals surface area contributed by atoms with Gasteiger partial charge in [0.05, 0.1) is 0 Å². The van der Waals surface area contributed by atoms with Crippen LogP contribution in [0.25, 0.3) is 0 Å². The second-order valence-corrected chi connectivity index (χ2v) is 6.62. The summed E-state index contributed by atoms with van der Waals surface area (Å²) in [6, 6.07) is 15.8. The van der Waals surface area contributed by atoms with Crippen LogP contribution < -0.4 is 0 Å². The molecular formula is C32H26. The van der Waals surface area contributed by atoms with Crippen molar-refractivity contribution in [1.82, 2.24) is 0 Å². The molecule has 0 unspecified atom stereocenters. The van der Waals surface area contributed by atoms with Gasteiger partial charge in [-0.05, 0) is 56.3 Å². The van der Waals surface area contributed by atoms with Gasteiger partial charge in [0, 0.05) is 33.4 Å². The first kappa shape index (κ1) is 23.8. The predicted molar refractivity (Wildman–Crippen MR) is 139 cm³/mol. The first-order valence-corrected chi connectivity index (χ1v) is 10.4. The quantitative estimate of drug-likeness (QED) is 0.370. The summed E-state index contributed by atoms with van der Waals surface area (Å²) >= 11 is 0. The van der Waals surface area contributed by atoms with Crippen molar-refractivity contribution in [2.24, 2.45) is 0 Å². The van der Waals surface area contributed by atoms with E-state index in [1.807, 2.05) is 98.8 Å². The second kappa shape index (κ2) is 13.7. The molecule has 154 valence electrons. The summed E-state index contributed by atoms with van der Waals surface area (Å²) in [5.41, 5.74) is 5.21. The Kier molecular flexibility index (Phi) is 10.2. The zero-order valence-corrected chi connectivity index (χ0v) is 18.7. The van der Waals surface area contributed by atoms with Gasteiger partial charge in [-0.3, -0.25) is 0 Å². The van der Waals surface area contributed by atoms with Gasteiger partial charge in [-0.15, -0.1) is 0 Å². The summed E-state index contributed by atoms with van der Waals surface area (Å²) in [4.78, 5) is 0. The van der Waals surface area contributed by atoms with Crippen LogP contribution in [0.3, 0.4) is 0 Å². The minimum absolute atomic E-state index is 0.847. The van der Waals surface area contributed by atoms with Gasteiger partial charge < -0.3 is 0 Å². The summed E-state index contributed by atoms with van der Waals surface area (Å²) in [5, 5.41) is 0. The molecule has 0 aliphatic heterocycles. The van der Waals surface area contributed by atoms with E-state index < -0.39 is 0 Å². The highest BCUT2D eigenvalue weighted by atomic mass is 14.0. The van der Waals surface area contributed by atoms with Gasteiger partial charge in [-0.25, -0.2) is 0 Å². The molecule has 2 aromatic rings. The molecule has 0 saturated carbocycles. The van der Waals surface area contributed by atoms with E-state index in [1.54, 1.807) is 12.2 Å². The highest BCUT2D eigenvalue weighted by Crippen LogP contribution is 2.10. The molecular weight excluding hydrogens is 384 g/mol. The lowest BCUT2D eigenvalue weighted by molar-refractivity contribution is 1.55. The van der Waals surface area contributed by atoms with Crippen LogP contribution in [0.5, 0.6) is 0 Å². The van der Waals surface area contributed by atoms with Crippen molar-refractivity contribution in [2.75, 3.05) is 0 Å². The van der Waals surface area contributed by atoms with Crippen LogP contribution in [0.15, 0.2) is 121 Å². The Hall–Kier alpha value is -4.44. The third-order valence-electron chi connectivity index (χ3n) is 4.14. The van der Waals surface area contributed by atoms with Crippen molar-refractivity contribution in [3.63, 3.8) is 0 Å². The molecule has 0 aromatic heterocycles. The van der Waals surface area contributed by atoms with Crippen LogP contribution in [0, 0.1) is 35.5 Å². The first-order chi connectivity index (χ1) is 15.7. The van der Waals surface area contributed by atoms with Crippen LogP contribution in [-0.2, 0) is 0 Å². The van der Waals surface area contributed by atoms with E-state index in [0.717, 1.165) is 33.4 Å². The minimum Gasteiger partial charge on any atom is -0.0978 e. The molecule has 0 bridgehead atoms. The van der Waals surface area contributed by atoms with Crippen LogP contribution in [0.1, 0.15) is 36.1 Å². The van der Waals surface area contributed by atoms with Crippen molar-refractivity contribution in [3.05, 3.63) is 144 Å².